The topological polar surface area (TPSA) is 18.8 Å². The summed E-state index contributed by atoms with van der Waals surface area (Å²) in [5.41, 5.74) is 0.247. The van der Waals surface area contributed by atoms with Crippen LogP contribution in [0.3, 0.4) is 0 Å². The van der Waals surface area contributed by atoms with Gasteiger partial charge in [0.25, 0.3) is 0 Å². The molecule has 0 fully saturated rings. The number of nitrogens with zero attached hydrogens (tertiary/aromatic N) is 3. The van der Waals surface area contributed by atoms with Gasteiger partial charge in [-0.1, -0.05) is 47.0 Å². The summed E-state index contributed by atoms with van der Waals surface area (Å²) in [6.45, 7) is 13.5. The fraction of sp³-hybridized carbons (Fsp3) is 0.929. The highest BCUT2D eigenvalue weighted by atomic mass is 15.6. The van der Waals surface area contributed by atoms with E-state index >= 15 is 0 Å². The standard InChI is InChI=1S/C14H29N3/c1-6-8-9-10-11-17-13(14(3,4)5)16(7-2)12-15-17/h12-13H,6-11H2,1-5H3. The van der Waals surface area contributed by atoms with Crippen molar-refractivity contribution in [2.45, 2.75) is 66.5 Å². The van der Waals surface area contributed by atoms with E-state index < -0.39 is 0 Å². The molecule has 0 aromatic carbocycles. The van der Waals surface area contributed by atoms with Gasteiger partial charge in [-0.25, -0.2) is 0 Å². The Balaban J connectivity index is 2.50. The van der Waals surface area contributed by atoms with Crippen molar-refractivity contribution in [1.82, 2.24) is 9.91 Å². The third-order valence-corrected chi connectivity index (χ3v) is 3.33. The minimum atomic E-state index is 0.247. The number of unbranched alkanes of at least 4 members (excludes halogenated alkanes) is 3. The van der Waals surface area contributed by atoms with E-state index in [1.807, 2.05) is 6.34 Å². The lowest BCUT2D eigenvalue weighted by Crippen LogP contribution is -2.48. The molecule has 0 aliphatic carbocycles. The van der Waals surface area contributed by atoms with Crippen LogP contribution in [-0.2, 0) is 0 Å². The van der Waals surface area contributed by atoms with Crippen LogP contribution in [-0.4, -0.2) is 35.5 Å². The molecule has 3 nitrogen and oxygen atoms in total. The Kier molecular flexibility index (Phi) is 5.29. The first-order valence-corrected chi connectivity index (χ1v) is 7.07. The fourth-order valence-electron chi connectivity index (χ4n) is 2.51. The van der Waals surface area contributed by atoms with E-state index in [0.717, 1.165) is 13.1 Å². The summed E-state index contributed by atoms with van der Waals surface area (Å²) in [5.74, 6) is 0. The molecule has 0 spiro atoms. The van der Waals surface area contributed by atoms with Gasteiger partial charge in [-0.3, -0.25) is 5.01 Å². The zero-order valence-corrected chi connectivity index (χ0v) is 12.2. The van der Waals surface area contributed by atoms with Crippen molar-refractivity contribution in [3.63, 3.8) is 0 Å². The number of hydrogen-bond acceptors (Lipinski definition) is 3. The molecule has 1 rings (SSSR count). The smallest absolute Gasteiger partial charge is 0.124 e. The summed E-state index contributed by atoms with van der Waals surface area (Å²) in [5, 5.41) is 6.84. The van der Waals surface area contributed by atoms with Crippen LogP contribution in [0.1, 0.15) is 60.3 Å². The molecule has 0 saturated carbocycles. The van der Waals surface area contributed by atoms with E-state index in [9.17, 15) is 0 Å². The second-order valence-corrected chi connectivity index (χ2v) is 6.02. The normalized spacial score (nSPS) is 20.4. The predicted molar refractivity (Wildman–Crippen MR) is 75.0 cm³/mol. The van der Waals surface area contributed by atoms with Crippen LogP contribution in [0.5, 0.6) is 0 Å². The number of hydrazone groups is 1. The van der Waals surface area contributed by atoms with Crippen molar-refractivity contribution in [3.8, 4) is 0 Å². The maximum absolute atomic E-state index is 4.57. The summed E-state index contributed by atoms with van der Waals surface area (Å²) >= 11 is 0. The van der Waals surface area contributed by atoms with E-state index in [0.29, 0.717) is 6.17 Å². The lowest BCUT2D eigenvalue weighted by molar-refractivity contribution is 0.0377. The Hall–Kier alpha value is -0.730. The molecular formula is C14H29N3. The molecule has 1 heterocycles. The minimum Gasteiger partial charge on any atom is -0.339 e. The van der Waals surface area contributed by atoms with Gasteiger partial charge in [0.15, 0.2) is 0 Å². The first kappa shape index (κ1) is 14.3. The van der Waals surface area contributed by atoms with Gasteiger partial charge < -0.3 is 4.90 Å². The third-order valence-electron chi connectivity index (χ3n) is 3.33. The van der Waals surface area contributed by atoms with Gasteiger partial charge in [0, 0.05) is 18.5 Å². The largest absolute Gasteiger partial charge is 0.339 e. The average Bonchev–Trinajstić information content (AvgIpc) is 2.67. The molecule has 0 aromatic heterocycles. The van der Waals surface area contributed by atoms with Crippen LogP contribution >= 0.6 is 0 Å². The highest BCUT2D eigenvalue weighted by molar-refractivity contribution is 5.57. The first-order chi connectivity index (χ1) is 8.00. The van der Waals surface area contributed by atoms with Crippen LogP contribution in [0.15, 0.2) is 5.10 Å². The van der Waals surface area contributed by atoms with E-state index in [2.05, 4.69) is 49.6 Å². The van der Waals surface area contributed by atoms with E-state index in [4.69, 9.17) is 0 Å². The minimum absolute atomic E-state index is 0.247. The Morgan fingerprint density at radius 1 is 1.12 bits per heavy atom. The molecule has 0 amide bonds. The SMILES string of the molecule is CCCCCCN1N=CN(CC)C1C(C)(C)C. The van der Waals surface area contributed by atoms with Crippen molar-refractivity contribution in [3.05, 3.63) is 0 Å². The lowest BCUT2D eigenvalue weighted by Gasteiger charge is -2.39. The molecule has 0 bridgehead atoms. The second kappa shape index (κ2) is 6.27. The second-order valence-electron chi connectivity index (χ2n) is 6.02. The van der Waals surface area contributed by atoms with Gasteiger partial charge in [-0.2, -0.15) is 5.10 Å². The highest BCUT2D eigenvalue weighted by Gasteiger charge is 2.36. The quantitative estimate of drug-likeness (QED) is 0.660. The van der Waals surface area contributed by atoms with Gasteiger partial charge in [-0.15, -0.1) is 0 Å². The zero-order chi connectivity index (χ0) is 12.9. The van der Waals surface area contributed by atoms with Crippen molar-refractivity contribution >= 4 is 6.34 Å². The van der Waals surface area contributed by atoms with Gasteiger partial charge >= 0.3 is 0 Å². The van der Waals surface area contributed by atoms with Gasteiger partial charge in [-0.05, 0) is 13.3 Å². The molecular weight excluding hydrogens is 210 g/mol. The molecule has 0 aromatic rings. The summed E-state index contributed by atoms with van der Waals surface area (Å²) in [6.07, 6.45) is 7.66. The molecule has 100 valence electrons. The molecule has 1 unspecified atom stereocenters. The van der Waals surface area contributed by atoms with E-state index in [-0.39, 0.29) is 5.41 Å². The van der Waals surface area contributed by atoms with Gasteiger partial charge in [0.1, 0.15) is 12.5 Å². The van der Waals surface area contributed by atoms with Crippen molar-refractivity contribution in [2.24, 2.45) is 10.5 Å². The average molecular weight is 239 g/mol. The predicted octanol–water partition coefficient (Wildman–Crippen LogP) is 3.52. The van der Waals surface area contributed by atoms with Crippen molar-refractivity contribution in [2.75, 3.05) is 13.1 Å². The lowest BCUT2D eigenvalue weighted by atomic mass is 9.91. The number of hydrogen-bond donors (Lipinski definition) is 0. The van der Waals surface area contributed by atoms with Crippen LogP contribution < -0.4 is 0 Å². The highest BCUT2D eigenvalue weighted by Crippen LogP contribution is 2.30. The molecule has 0 radical (unpaired) electrons. The monoisotopic (exact) mass is 239 g/mol. The summed E-state index contributed by atoms with van der Waals surface area (Å²) in [4.78, 5) is 2.35. The molecule has 0 N–H and O–H groups in total. The molecule has 0 saturated heterocycles. The molecule has 17 heavy (non-hydrogen) atoms. The summed E-state index contributed by atoms with van der Waals surface area (Å²) in [6, 6.07) is 0. The fourth-order valence-corrected chi connectivity index (χ4v) is 2.51. The maximum Gasteiger partial charge on any atom is 0.124 e. The Morgan fingerprint density at radius 2 is 1.82 bits per heavy atom. The maximum atomic E-state index is 4.57. The van der Waals surface area contributed by atoms with Gasteiger partial charge in [0.2, 0.25) is 0 Å². The van der Waals surface area contributed by atoms with E-state index in [1.165, 1.54) is 25.7 Å². The number of rotatable bonds is 6. The van der Waals surface area contributed by atoms with Crippen LogP contribution in [0, 0.1) is 5.41 Å². The van der Waals surface area contributed by atoms with Crippen LogP contribution in [0.25, 0.3) is 0 Å². The van der Waals surface area contributed by atoms with Crippen LogP contribution in [0.4, 0.5) is 0 Å². The Morgan fingerprint density at radius 3 is 2.35 bits per heavy atom. The summed E-state index contributed by atoms with van der Waals surface area (Å²) in [7, 11) is 0. The van der Waals surface area contributed by atoms with Crippen molar-refractivity contribution < 1.29 is 0 Å². The summed E-state index contributed by atoms with van der Waals surface area (Å²) < 4.78 is 0. The zero-order valence-electron chi connectivity index (χ0n) is 12.2. The van der Waals surface area contributed by atoms with Gasteiger partial charge in [0.05, 0.1) is 0 Å². The molecule has 3 heteroatoms. The van der Waals surface area contributed by atoms with Crippen molar-refractivity contribution in [1.29, 1.82) is 0 Å². The third kappa shape index (κ3) is 3.90. The first-order valence-electron chi connectivity index (χ1n) is 7.07. The molecule has 1 atom stereocenters. The van der Waals surface area contributed by atoms with Crippen LogP contribution in [0.2, 0.25) is 0 Å². The Bertz CT molecular complexity index is 242. The molecule has 1 aliphatic heterocycles. The van der Waals surface area contributed by atoms with E-state index in [1.54, 1.807) is 0 Å². The Labute approximate surface area is 107 Å². The molecule has 1 aliphatic rings.